The summed E-state index contributed by atoms with van der Waals surface area (Å²) in [6, 6.07) is 12.1. The first kappa shape index (κ1) is 21.1. The van der Waals surface area contributed by atoms with Gasteiger partial charge in [-0.05, 0) is 36.4 Å². The van der Waals surface area contributed by atoms with Crippen molar-refractivity contribution in [3.63, 3.8) is 0 Å². The molecular formula is C19H20BrFN2O3S. The van der Waals surface area contributed by atoms with Crippen LogP contribution in [0.5, 0.6) is 11.5 Å². The number of halogens is 2. The van der Waals surface area contributed by atoms with Gasteiger partial charge in [-0.3, -0.25) is 0 Å². The average molecular weight is 455 g/mol. The number of aromatic nitrogens is 1. The van der Waals surface area contributed by atoms with Crippen molar-refractivity contribution in [1.82, 2.24) is 4.57 Å². The monoisotopic (exact) mass is 454 g/mol. The summed E-state index contributed by atoms with van der Waals surface area (Å²) < 4.78 is 26.5. The highest BCUT2D eigenvalue weighted by atomic mass is 79.9. The molecule has 0 saturated carbocycles. The van der Waals surface area contributed by atoms with Gasteiger partial charge in [-0.2, -0.15) is 0 Å². The maximum Gasteiger partial charge on any atom is 0.190 e. The largest absolute Gasteiger partial charge is 0.497 e. The van der Waals surface area contributed by atoms with E-state index >= 15 is 0 Å². The van der Waals surface area contributed by atoms with Crippen LogP contribution in [0.1, 0.15) is 0 Å². The number of rotatable bonds is 6. The second kappa shape index (κ2) is 9.68. The topological polar surface area (TPSA) is 56.0 Å². The molecule has 0 saturated heterocycles. The van der Waals surface area contributed by atoms with Gasteiger partial charge >= 0.3 is 0 Å². The molecule has 0 unspecified atom stereocenters. The SMILES string of the molecule is Br.COc1ccc(N=c2scc(-c3ccc(OC)cc3F)n2CCO)cc1. The van der Waals surface area contributed by atoms with Crippen LogP contribution in [-0.2, 0) is 6.54 Å². The third kappa shape index (κ3) is 4.77. The van der Waals surface area contributed by atoms with Crippen molar-refractivity contribution in [2.75, 3.05) is 20.8 Å². The molecular weight excluding hydrogens is 435 g/mol. The van der Waals surface area contributed by atoms with E-state index in [2.05, 4.69) is 4.99 Å². The average Bonchev–Trinajstić information content (AvgIpc) is 3.05. The molecule has 0 atom stereocenters. The normalized spacial score (nSPS) is 11.2. The summed E-state index contributed by atoms with van der Waals surface area (Å²) in [5, 5.41) is 11.3. The Morgan fingerprint density at radius 1 is 1.07 bits per heavy atom. The molecule has 0 aliphatic heterocycles. The maximum absolute atomic E-state index is 14.5. The minimum atomic E-state index is -0.384. The molecule has 2 aromatic carbocycles. The predicted octanol–water partition coefficient (Wildman–Crippen LogP) is 4.18. The first-order chi connectivity index (χ1) is 12.7. The molecule has 0 fully saturated rings. The Hall–Kier alpha value is -2.16. The molecule has 27 heavy (non-hydrogen) atoms. The van der Waals surface area contributed by atoms with Crippen molar-refractivity contribution in [3.05, 3.63) is 58.5 Å². The molecule has 144 valence electrons. The first-order valence-corrected chi connectivity index (χ1v) is 8.86. The van der Waals surface area contributed by atoms with Crippen LogP contribution in [0.15, 0.2) is 52.8 Å². The Balaban J connectivity index is 0.00000261. The third-order valence-corrected chi connectivity index (χ3v) is 4.73. The van der Waals surface area contributed by atoms with Gasteiger partial charge in [-0.25, -0.2) is 9.38 Å². The lowest BCUT2D eigenvalue weighted by molar-refractivity contribution is 0.275. The van der Waals surface area contributed by atoms with Gasteiger partial charge in [0, 0.05) is 23.6 Å². The number of aliphatic hydroxyl groups is 1. The van der Waals surface area contributed by atoms with Crippen LogP contribution in [-0.4, -0.2) is 30.5 Å². The Morgan fingerprint density at radius 3 is 2.33 bits per heavy atom. The molecule has 0 spiro atoms. The van der Waals surface area contributed by atoms with Gasteiger partial charge in [-0.1, -0.05) is 0 Å². The zero-order valence-electron chi connectivity index (χ0n) is 14.9. The Labute approximate surface area is 171 Å². The van der Waals surface area contributed by atoms with Crippen molar-refractivity contribution in [2.24, 2.45) is 4.99 Å². The van der Waals surface area contributed by atoms with Crippen LogP contribution >= 0.6 is 28.3 Å². The van der Waals surface area contributed by atoms with Crippen molar-refractivity contribution >= 4 is 34.0 Å². The molecule has 0 aliphatic carbocycles. The highest BCUT2D eigenvalue weighted by Crippen LogP contribution is 2.27. The summed E-state index contributed by atoms with van der Waals surface area (Å²) in [5.74, 6) is 0.822. The number of hydrogen-bond donors (Lipinski definition) is 1. The fourth-order valence-electron chi connectivity index (χ4n) is 2.55. The molecule has 0 bridgehead atoms. The zero-order valence-corrected chi connectivity index (χ0v) is 17.4. The van der Waals surface area contributed by atoms with Crippen molar-refractivity contribution in [1.29, 1.82) is 0 Å². The smallest absolute Gasteiger partial charge is 0.190 e. The first-order valence-electron chi connectivity index (χ1n) is 7.98. The van der Waals surface area contributed by atoms with E-state index in [4.69, 9.17) is 9.47 Å². The summed E-state index contributed by atoms with van der Waals surface area (Å²) in [4.78, 5) is 5.29. The molecule has 3 rings (SSSR count). The molecule has 1 aromatic heterocycles. The van der Waals surface area contributed by atoms with Crippen LogP contribution in [0, 0.1) is 5.82 Å². The second-order valence-corrected chi connectivity index (χ2v) is 6.27. The third-order valence-electron chi connectivity index (χ3n) is 3.87. The highest BCUT2D eigenvalue weighted by Gasteiger charge is 2.13. The van der Waals surface area contributed by atoms with Crippen LogP contribution in [0.25, 0.3) is 11.3 Å². The van der Waals surface area contributed by atoms with E-state index in [-0.39, 0.29) is 29.4 Å². The van der Waals surface area contributed by atoms with Gasteiger partial charge in [0.25, 0.3) is 0 Å². The van der Waals surface area contributed by atoms with Gasteiger partial charge in [0.1, 0.15) is 17.3 Å². The number of ether oxygens (including phenoxy) is 2. The molecule has 3 aromatic rings. The minimum absolute atomic E-state index is 0. The number of hydrogen-bond acceptors (Lipinski definition) is 5. The Bertz CT molecular complexity index is 954. The van der Waals surface area contributed by atoms with E-state index < -0.39 is 0 Å². The lowest BCUT2D eigenvalue weighted by atomic mass is 10.1. The summed E-state index contributed by atoms with van der Waals surface area (Å²) >= 11 is 1.39. The molecule has 1 N–H and O–H groups in total. The Morgan fingerprint density at radius 2 is 1.74 bits per heavy atom. The van der Waals surface area contributed by atoms with Gasteiger partial charge in [0.2, 0.25) is 0 Å². The van der Waals surface area contributed by atoms with Crippen LogP contribution in [0.2, 0.25) is 0 Å². The highest BCUT2D eigenvalue weighted by molar-refractivity contribution is 8.93. The number of nitrogens with zero attached hydrogens (tertiary/aromatic N) is 2. The van der Waals surface area contributed by atoms with E-state index in [9.17, 15) is 9.50 Å². The molecule has 8 heteroatoms. The number of aliphatic hydroxyl groups excluding tert-OH is 1. The van der Waals surface area contributed by atoms with Crippen molar-refractivity contribution in [2.45, 2.75) is 6.54 Å². The van der Waals surface area contributed by atoms with Crippen molar-refractivity contribution < 1.29 is 19.0 Å². The van der Waals surface area contributed by atoms with Gasteiger partial charge in [0.15, 0.2) is 4.80 Å². The summed E-state index contributed by atoms with van der Waals surface area (Å²) in [5.41, 5.74) is 1.85. The van der Waals surface area contributed by atoms with E-state index in [0.717, 1.165) is 11.4 Å². The van der Waals surface area contributed by atoms with Gasteiger partial charge in [0.05, 0.1) is 32.2 Å². The molecule has 1 heterocycles. The molecule has 0 aliphatic rings. The van der Waals surface area contributed by atoms with Crippen LogP contribution in [0.4, 0.5) is 10.1 Å². The minimum Gasteiger partial charge on any atom is -0.497 e. The predicted molar refractivity (Wildman–Crippen MR) is 110 cm³/mol. The summed E-state index contributed by atoms with van der Waals surface area (Å²) in [6.07, 6.45) is 0. The van der Waals surface area contributed by atoms with E-state index in [1.807, 2.05) is 29.6 Å². The lowest BCUT2D eigenvalue weighted by Crippen LogP contribution is -2.18. The van der Waals surface area contributed by atoms with Gasteiger partial charge in [-0.15, -0.1) is 28.3 Å². The second-order valence-electron chi connectivity index (χ2n) is 5.43. The summed E-state index contributed by atoms with van der Waals surface area (Å²) in [6.45, 7) is 0.247. The number of benzene rings is 2. The van der Waals surface area contributed by atoms with Crippen LogP contribution < -0.4 is 14.3 Å². The fourth-order valence-corrected chi connectivity index (χ4v) is 3.49. The molecule has 5 nitrogen and oxygen atoms in total. The van der Waals surface area contributed by atoms with E-state index in [1.165, 1.54) is 24.5 Å². The van der Waals surface area contributed by atoms with E-state index in [0.29, 0.717) is 28.4 Å². The number of methoxy groups -OCH3 is 2. The standard InChI is InChI=1S/C19H19FN2O3S.BrH/c1-24-14-5-3-13(4-6-14)21-19-22(9-10-23)18(12-26-19)16-8-7-15(25-2)11-17(16)20;/h3-8,11-12,23H,9-10H2,1-2H3;1H. The number of thiazole rings is 1. The van der Waals surface area contributed by atoms with Gasteiger partial charge < -0.3 is 19.1 Å². The summed E-state index contributed by atoms with van der Waals surface area (Å²) in [7, 11) is 3.10. The van der Waals surface area contributed by atoms with E-state index in [1.54, 1.807) is 23.8 Å². The fraction of sp³-hybridized carbons (Fsp3) is 0.211. The lowest BCUT2D eigenvalue weighted by Gasteiger charge is -2.09. The zero-order chi connectivity index (χ0) is 18.5. The molecule has 0 amide bonds. The van der Waals surface area contributed by atoms with Crippen LogP contribution in [0.3, 0.4) is 0 Å². The Kier molecular flexibility index (Phi) is 7.58. The quantitative estimate of drug-likeness (QED) is 0.607. The molecule has 0 radical (unpaired) electrons. The van der Waals surface area contributed by atoms with Crippen molar-refractivity contribution in [3.8, 4) is 22.8 Å². The maximum atomic E-state index is 14.5.